The summed E-state index contributed by atoms with van der Waals surface area (Å²) in [6.45, 7) is 2.57. The molecule has 0 saturated carbocycles. The van der Waals surface area contributed by atoms with Gasteiger partial charge in [-0.25, -0.2) is 0 Å². The summed E-state index contributed by atoms with van der Waals surface area (Å²) in [5.41, 5.74) is 0. The highest BCUT2D eigenvalue weighted by molar-refractivity contribution is 7.09. The molecule has 0 aliphatic carbocycles. The Kier molecular flexibility index (Phi) is 43.9. The molecule has 0 heterocycles. The van der Waals surface area contributed by atoms with Gasteiger partial charge in [-0.15, -0.1) is 24.8 Å². The lowest BCUT2D eigenvalue weighted by Crippen LogP contribution is -1.63. The molecule has 0 aromatic carbocycles. The van der Waals surface area contributed by atoms with Crippen molar-refractivity contribution in [2.45, 2.75) is 6.92 Å². The molecule has 0 saturated heterocycles. The summed E-state index contributed by atoms with van der Waals surface area (Å²) >= 11 is 0. The van der Waals surface area contributed by atoms with Crippen LogP contribution in [0, 0.1) is 0 Å². The van der Waals surface area contributed by atoms with Gasteiger partial charge >= 0.3 is 0 Å². The fourth-order valence-corrected chi connectivity index (χ4v) is 0. The summed E-state index contributed by atoms with van der Waals surface area (Å²) in [5.74, 6) is 0. The Balaban J connectivity index is -0.0000000450. The summed E-state index contributed by atoms with van der Waals surface area (Å²) in [6, 6.07) is 0. The van der Waals surface area contributed by atoms with Gasteiger partial charge in [-0.05, 0) is 6.92 Å². The summed E-state index contributed by atoms with van der Waals surface area (Å²) in [4.78, 5) is 0. The van der Waals surface area contributed by atoms with Crippen molar-refractivity contribution in [2.24, 2.45) is 0 Å². The molecule has 0 rings (SSSR count). The lowest BCUT2D eigenvalue weighted by atomic mass is 10.9. The first-order valence-corrected chi connectivity index (χ1v) is 1.54. The molecule has 0 aliphatic heterocycles. The van der Waals surface area contributed by atoms with Crippen LogP contribution in [0.1, 0.15) is 6.92 Å². The van der Waals surface area contributed by atoms with E-state index in [1.54, 1.807) is 0 Å². The highest BCUT2D eigenvalue weighted by Gasteiger charge is 1.54. The van der Waals surface area contributed by atoms with Gasteiger partial charge in [-0.2, -0.15) is 0 Å². The van der Waals surface area contributed by atoms with Crippen LogP contribution in [0.25, 0.3) is 0 Å². The molecule has 0 amide bonds. The zero-order valence-corrected chi connectivity index (χ0v) is 5.91. The van der Waals surface area contributed by atoms with Gasteiger partial charge in [0.2, 0.25) is 0 Å². The molecule has 2 radical (unpaired) electrons. The Morgan fingerprint density at radius 2 is 1.67 bits per heavy atom. The van der Waals surface area contributed by atoms with E-state index in [1.807, 2.05) is 6.92 Å². The third-order valence-electron chi connectivity index (χ3n) is 0.129. The third kappa shape index (κ3) is 20.2. The first kappa shape index (κ1) is 15.8. The van der Waals surface area contributed by atoms with E-state index in [-0.39, 0.29) is 24.8 Å². The molecule has 0 spiro atoms. The van der Waals surface area contributed by atoms with Crippen LogP contribution in [0.4, 0.5) is 0 Å². The second kappa shape index (κ2) is 16.7. The zero-order chi connectivity index (χ0) is 3.41. The van der Waals surface area contributed by atoms with Gasteiger partial charge in [0.15, 0.2) is 0 Å². The van der Waals surface area contributed by atoms with Crippen LogP contribution in [0.5, 0.6) is 0 Å². The number of halogens is 2. The molecule has 0 aliphatic rings. The van der Waals surface area contributed by atoms with Crippen molar-refractivity contribution in [1.29, 1.82) is 0 Å². The largest absolute Gasteiger partial charge is 0.345 e. The zero-order valence-electron chi connectivity index (χ0n) is 3.38. The highest BCUT2D eigenvalue weighted by Crippen LogP contribution is 1.77. The minimum absolute atomic E-state index is 0. The van der Waals surface area contributed by atoms with Crippen LogP contribution in [-0.2, 0) is 4.52 Å². The lowest BCUT2D eigenvalue weighted by molar-refractivity contribution is 0.400. The summed E-state index contributed by atoms with van der Waals surface area (Å²) in [7, 11) is 3.42. The molecular weight excluding hydrogens is 142 g/mol. The topological polar surface area (TPSA) is 9.23 Å². The van der Waals surface area contributed by atoms with Crippen molar-refractivity contribution in [1.82, 2.24) is 0 Å². The average Bonchev–Trinajstić information content (AvgIpc) is 1.37. The minimum Gasteiger partial charge on any atom is -0.345 e. The van der Waals surface area contributed by atoms with Crippen molar-refractivity contribution in [3.8, 4) is 0 Å². The molecule has 1 nitrogen and oxygen atoms in total. The normalized spacial score (nSPS) is 5.00. The SMILES string of the molecule is CCO[P].Cl.Cl. The maximum Gasteiger partial charge on any atom is 0.148 e. The monoisotopic (exact) mass is 148 g/mol. The van der Waals surface area contributed by atoms with E-state index >= 15 is 0 Å². The third-order valence-corrected chi connectivity index (χ3v) is 0.387. The molecule has 0 bridgehead atoms. The number of rotatable bonds is 1. The molecule has 0 atom stereocenters. The molecule has 40 valence electrons. The van der Waals surface area contributed by atoms with Crippen molar-refractivity contribution in [2.75, 3.05) is 6.61 Å². The Hall–Kier alpha value is 0.970. The van der Waals surface area contributed by atoms with Crippen LogP contribution in [-0.4, -0.2) is 6.61 Å². The summed E-state index contributed by atoms with van der Waals surface area (Å²) in [6.07, 6.45) is 0. The molecular formula is C2H7Cl2OP. The average molecular weight is 149 g/mol. The van der Waals surface area contributed by atoms with Crippen LogP contribution < -0.4 is 0 Å². The van der Waals surface area contributed by atoms with Gasteiger partial charge in [0.25, 0.3) is 0 Å². The van der Waals surface area contributed by atoms with Crippen molar-refractivity contribution in [3.63, 3.8) is 0 Å². The minimum atomic E-state index is 0. The second-order valence-electron chi connectivity index (χ2n) is 0.418. The molecule has 0 aromatic heterocycles. The lowest BCUT2D eigenvalue weighted by Gasteiger charge is -1.73. The predicted octanol–water partition coefficient (Wildman–Crippen LogP) is 2.19. The van der Waals surface area contributed by atoms with E-state index < -0.39 is 0 Å². The number of hydrogen-bond donors (Lipinski definition) is 0. The Bertz CT molecular complexity index is 13.5. The maximum absolute atomic E-state index is 4.24. The first-order valence-electron chi connectivity index (χ1n) is 1.18. The molecule has 4 heteroatoms. The highest BCUT2D eigenvalue weighted by atomic mass is 35.5. The standard InChI is InChI=1S/C2H5OP.2ClH/c1-2-3-4;;/h2H2,1H3;2*1H. The molecule has 6 heavy (non-hydrogen) atoms. The fraction of sp³-hybridized carbons (Fsp3) is 1.00. The van der Waals surface area contributed by atoms with Gasteiger partial charge in [0.05, 0.1) is 0 Å². The van der Waals surface area contributed by atoms with E-state index in [0.29, 0.717) is 6.61 Å². The molecule has 0 aromatic rings. The van der Waals surface area contributed by atoms with E-state index in [9.17, 15) is 0 Å². The summed E-state index contributed by atoms with van der Waals surface area (Å²) < 4.78 is 4.24. The summed E-state index contributed by atoms with van der Waals surface area (Å²) in [5, 5.41) is 0. The van der Waals surface area contributed by atoms with Gasteiger partial charge in [-0.1, -0.05) is 0 Å². The van der Waals surface area contributed by atoms with E-state index in [1.165, 1.54) is 0 Å². The van der Waals surface area contributed by atoms with Crippen LogP contribution in [0.2, 0.25) is 0 Å². The quantitative estimate of drug-likeness (QED) is 0.519. The van der Waals surface area contributed by atoms with Gasteiger partial charge in [-0.3, -0.25) is 0 Å². The van der Waals surface area contributed by atoms with Gasteiger partial charge in [0, 0.05) is 6.61 Å². The smallest absolute Gasteiger partial charge is 0.148 e. The second-order valence-corrected chi connectivity index (χ2v) is 0.676. The van der Waals surface area contributed by atoms with Crippen LogP contribution >= 0.6 is 34.3 Å². The molecule has 0 unspecified atom stereocenters. The Morgan fingerprint density at radius 3 is 1.67 bits per heavy atom. The van der Waals surface area contributed by atoms with E-state index in [0.717, 1.165) is 0 Å². The van der Waals surface area contributed by atoms with Gasteiger partial charge in [0.1, 0.15) is 9.47 Å². The van der Waals surface area contributed by atoms with E-state index in [4.69, 9.17) is 0 Å². The van der Waals surface area contributed by atoms with Crippen molar-refractivity contribution in [3.05, 3.63) is 0 Å². The van der Waals surface area contributed by atoms with Crippen molar-refractivity contribution >= 4 is 34.3 Å². The Morgan fingerprint density at radius 1 is 1.50 bits per heavy atom. The predicted molar refractivity (Wildman–Crippen MR) is 33.0 cm³/mol. The Labute approximate surface area is 52.9 Å². The van der Waals surface area contributed by atoms with E-state index in [2.05, 4.69) is 14.0 Å². The molecule has 0 N–H and O–H groups in total. The van der Waals surface area contributed by atoms with Crippen molar-refractivity contribution < 1.29 is 4.52 Å². The fourth-order valence-electron chi connectivity index (χ4n) is 0. The van der Waals surface area contributed by atoms with Crippen LogP contribution in [0.15, 0.2) is 0 Å². The van der Waals surface area contributed by atoms with Gasteiger partial charge < -0.3 is 4.52 Å². The van der Waals surface area contributed by atoms with Crippen LogP contribution in [0.3, 0.4) is 0 Å². The maximum atomic E-state index is 4.24. The first-order chi connectivity index (χ1) is 1.91. The molecule has 0 fully saturated rings. The number of hydrogen-bond acceptors (Lipinski definition) is 1.